The molecular formula is C17H17N5. The molecule has 0 amide bonds. The molecule has 0 spiro atoms. The van der Waals surface area contributed by atoms with Crippen molar-refractivity contribution < 1.29 is 0 Å². The van der Waals surface area contributed by atoms with E-state index in [0.717, 1.165) is 29.2 Å². The molecular weight excluding hydrogens is 274 g/mol. The summed E-state index contributed by atoms with van der Waals surface area (Å²) in [6.07, 6.45) is 1.02. The van der Waals surface area contributed by atoms with Crippen molar-refractivity contribution in [3.63, 3.8) is 0 Å². The molecule has 0 saturated heterocycles. The van der Waals surface area contributed by atoms with E-state index in [9.17, 15) is 0 Å². The summed E-state index contributed by atoms with van der Waals surface area (Å²) in [4.78, 5) is 0. The van der Waals surface area contributed by atoms with E-state index in [1.807, 2.05) is 30.3 Å². The molecule has 0 atom stereocenters. The molecule has 2 aromatic carbocycles. The molecule has 0 unspecified atom stereocenters. The van der Waals surface area contributed by atoms with Gasteiger partial charge in [0, 0.05) is 40.1 Å². The van der Waals surface area contributed by atoms with Crippen molar-refractivity contribution in [2.45, 2.75) is 13.5 Å². The lowest BCUT2D eigenvalue weighted by atomic mass is 10.1. The van der Waals surface area contributed by atoms with Gasteiger partial charge in [0.25, 0.3) is 0 Å². The summed E-state index contributed by atoms with van der Waals surface area (Å²) in [6, 6.07) is 14.2. The summed E-state index contributed by atoms with van der Waals surface area (Å²) < 4.78 is 2.26. The van der Waals surface area contributed by atoms with Crippen molar-refractivity contribution in [2.75, 3.05) is 0 Å². The Hall–Kier alpha value is -2.95. The third kappa shape index (κ3) is 1.98. The van der Waals surface area contributed by atoms with Crippen LogP contribution in [0.4, 0.5) is 0 Å². The Kier molecular flexibility index (Phi) is 3.47. The highest BCUT2D eigenvalue weighted by atomic mass is 15.0. The first kappa shape index (κ1) is 14.0. The van der Waals surface area contributed by atoms with Gasteiger partial charge in [0.2, 0.25) is 0 Å². The fourth-order valence-corrected chi connectivity index (χ4v) is 2.91. The van der Waals surface area contributed by atoms with E-state index in [1.165, 1.54) is 10.9 Å². The van der Waals surface area contributed by atoms with E-state index in [4.69, 9.17) is 16.7 Å². The average Bonchev–Trinajstić information content (AvgIpc) is 2.88. The Morgan fingerprint density at radius 2 is 1.91 bits per heavy atom. The Balaban J connectivity index is 2.38. The fourth-order valence-electron chi connectivity index (χ4n) is 2.91. The molecule has 1 aromatic heterocycles. The summed E-state index contributed by atoms with van der Waals surface area (Å²) in [6.45, 7) is 3.01. The van der Waals surface area contributed by atoms with Crippen LogP contribution in [0.1, 0.15) is 12.5 Å². The zero-order valence-electron chi connectivity index (χ0n) is 12.3. The van der Waals surface area contributed by atoms with Gasteiger partial charge in [-0.1, -0.05) is 24.3 Å². The van der Waals surface area contributed by atoms with Crippen LogP contribution in [-0.2, 0) is 6.54 Å². The standard InChI is InChI=1S/C17H17N5/c1-2-22-15-6-4-3-5-12(15)13-9-11(7-8-16(13)22)17(21-20)14(19)10-18/h3-10,18,20H,2,19H2,1H3/b17-14-,18-10?,21-20?. The van der Waals surface area contributed by atoms with Crippen molar-refractivity contribution in [2.24, 2.45) is 10.8 Å². The summed E-state index contributed by atoms with van der Waals surface area (Å²) >= 11 is 0. The minimum Gasteiger partial charge on any atom is -0.396 e. The third-order valence-electron chi connectivity index (χ3n) is 3.90. The lowest BCUT2D eigenvalue weighted by Crippen LogP contribution is -2.01. The fraction of sp³-hybridized carbons (Fsp3) is 0.118. The third-order valence-corrected chi connectivity index (χ3v) is 3.90. The monoisotopic (exact) mass is 291 g/mol. The van der Waals surface area contributed by atoms with Crippen LogP contribution in [0.3, 0.4) is 0 Å². The summed E-state index contributed by atoms with van der Waals surface area (Å²) in [5.74, 6) is 0. The van der Waals surface area contributed by atoms with Gasteiger partial charge in [0.05, 0.1) is 5.70 Å². The second kappa shape index (κ2) is 5.44. The van der Waals surface area contributed by atoms with Crippen molar-refractivity contribution in [1.29, 1.82) is 10.9 Å². The molecule has 0 saturated carbocycles. The van der Waals surface area contributed by atoms with Gasteiger partial charge in [-0.05, 0) is 25.1 Å². The van der Waals surface area contributed by atoms with Gasteiger partial charge in [-0.25, -0.2) is 5.53 Å². The highest BCUT2D eigenvalue weighted by Crippen LogP contribution is 2.31. The van der Waals surface area contributed by atoms with Gasteiger partial charge in [-0.2, -0.15) is 5.11 Å². The SMILES string of the molecule is CCn1c2ccccc2c2cc(/C(N=N)=C(/N)C=N)ccc21. The van der Waals surface area contributed by atoms with Crippen LogP contribution in [0, 0.1) is 10.9 Å². The number of hydrogen-bond acceptors (Lipinski definition) is 4. The average molecular weight is 291 g/mol. The van der Waals surface area contributed by atoms with Gasteiger partial charge in [0.1, 0.15) is 5.70 Å². The number of fused-ring (bicyclic) bond motifs is 3. The molecule has 0 bridgehead atoms. The number of para-hydroxylation sites is 1. The lowest BCUT2D eigenvalue weighted by Gasteiger charge is -2.05. The van der Waals surface area contributed by atoms with Crippen LogP contribution in [0.15, 0.2) is 53.3 Å². The lowest BCUT2D eigenvalue weighted by molar-refractivity contribution is 0.827. The van der Waals surface area contributed by atoms with E-state index >= 15 is 0 Å². The summed E-state index contributed by atoms with van der Waals surface area (Å²) in [7, 11) is 0. The van der Waals surface area contributed by atoms with Crippen LogP contribution in [0.25, 0.3) is 27.5 Å². The first-order valence-corrected chi connectivity index (χ1v) is 7.10. The molecule has 5 nitrogen and oxygen atoms in total. The normalized spacial score (nSPS) is 12.4. The van der Waals surface area contributed by atoms with Crippen LogP contribution >= 0.6 is 0 Å². The predicted octanol–water partition coefficient (Wildman–Crippen LogP) is 4.12. The smallest absolute Gasteiger partial charge is 0.117 e. The molecule has 0 aliphatic carbocycles. The molecule has 0 radical (unpaired) electrons. The van der Waals surface area contributed by atoms with E-state index in [0.29, 0.717) is 5.70 Å². The molecule has 22 heavy (non-hydrogen) atoms. The number of benzene rings is 2. The first-order valence-electron chi connectivity index (χ1n) is 7.10. The number of rotatable bonds is 4. The Bertz CT molecular complexity index is 917. The highest BCUT2D eigenvalue weighted by molar-refractivity contribution is 6.09. The zero-order chi connectivity index (χ0) is 15.7. The highest BCUT2D eigenvalue weighted by Gasteiger charge is 2.12. The van der Waals surface area contributed by atoms with Crippen molar-refractivity contribution >= 4 is 33.7 Å². The minimum absolute atomic E-state index is 0.188. The molecule has 1 heterocycles. The van der Waals surface area contributed by atoms with Crippen LogP contribution in [-0.4, -0.2) is 10.8 Å². The van der Waals surface area contributed by atoms with Gasteiger partial charge < -0.3 is 15.7 Å². The number of aryl methyl sites for hydroxylation is 1. The second-order valence-electron chi connectivity index (χ2n) is 5.05. The Labute approximate surface area is 128 Å². The van der Waals surface area contributed by atoms with E-state index in [2.05, 4.69) is 28.7 Å². The van der Waals surface area contributed by atoms with Crippen LogP contribution in [0.2, 0.25) is 0 Å². The maximum atomic E-state index is 7.32. The number of hydrogen-bond donors (Lipinski definition) is 3. The zero-order valence-corrected chi connectivity index (χ0v) is 12.3. The summed E-state index contributed by atoms with van der Waals surface area (Å²) in [5.41, 5.74) is 16.7. The van der Waals surface area contributed by atoms with E-state index in [1.54, 1.807) is 0 Å². The van der Waals surface area contributed by atoms with E-state index in [-0.39, 0.29) is 5.70 Å². The van der Waals surface area contributed by atoms with Crippen LogP contribution in [0.5, 0.6) is 0 Å². The number of nitrogens with zero attached hydrogens (tertiary/aromatic N) is 2. The Morgan fingerprint density at radius 3 is 2.59 bits per heavy atom. The molecule has 3 rings (SSSR count). The number of nitrogens with two attached hydrogens (primary N) is 1. The predicted molar refractivity (Wildman–Crippen MR) is 90.2 cm³/mol. The number of aromatic nitrogens is 1. The van der Waals surface area contributed by atoms with E-state index < -0.39 is 0 Å². The van der Waals surface area contributed by atoms with Gasteiger partial charge in [-0.15, -0.1) is 0 Å². The van der Waals surface area contributed by atoms with Gasteiger partial charge in [0.15, 0.2) is 0 Å². The maximum Gasteiger partial charge on any atom is 0.117 e. The van der Waals surface area contributed by atoms with Crippen molar-refractivity contribution in [1.82, 2.24) is 4.57 Å². The van der Waals surface area contributed by atoms with Crippen molar-refractivity contribution in [3.8, 4) is 0 Å². The Morgan fingerprint density at radius 1 is 1.18 bits per heavy atom. The molecule has 0 aliphatic rings. The molecule has 3 aromatic rings. The molecule has 110 valence electrons. The topological polar surface area (TPSA) is 91.0 Å². The number of nitrogens with one attached hydrogen (secondary N) is 2. The molecule has 0 aliphatic heterocycles. The van der Waals surface area contributed by atoms with Gasteiger partial charge >= 0.3 is 0 Å². The summed E-state index contributed by atoms with van der Waals surface area (Å²) in [5, 5.41) is 13.0. The molecule has 4 N–H and O–H groups in total. The van der Waals surface area contributed by atoms with Crippen LogP contribution < -0.4 is 5.73 Å². The molecule has 0 fully saturated rings. The van der Waals surface area contributed by atoms with Crippen molar-refractivity contribution in [3.05, 3.63) is 53.7 Å². The maximum absolute atomic E-state index is 7.32. The molecule has 5 heteroatoms. The minimum atomic E-state index is 0.188. The largest absolute Gasteiger partial charge is 0.396 e. The number of allylic oxidation sites excluding steroid dienone is 1. The second-order valence-corrected chi connectivity index (χ2v) is 5.05. The first-order chi connectivity index (χ1) is 10.7. The quantitative estimate of drug-likeness (QED) is 0.489. The van der Waals surface area contributed by atoms with Gasteiger partial charge in [-0.3, -0.25) is 0 Å².